The molecule has 0 saturated carbocycles. The standard InChI is InChI=1S/C18H18ClN5O2/c1-2-24(8-7-12-5-3-4-6-15(12)19)13-9-14(18(26)23-11-20)16(17(21)25)22-10-13/h3-6,9-10H,2,7-8H2,1H3,(H2,21,25)(H,23,26). The fourth-order valence-electron chi connectivity index (χ4n) is 2.54. The molecule has 134 valence electrons. The second-order valence-corrected chi connectivity index (χ2v) is 5.85. The molecule has 8 heteroatoms. The molecule has 3 N–H and O–H groups in total. The molecule has 0 aliphatic heterocycles. The number of carbonyl (C=O) groups excluding carboxylic acids is 2. The van der Waals surface area contributed by atoms with Crippen molar-refractivity contribution in [1.29, 1.82) is 5.26 Å². The minimum absolute atomic E-state index is 0.0345. The van der Waals surface area contributed by atoms with E-state index in [-0.39, 0.29) is 11.3 Å². The average molecular weight is 372 g/mol. The van der Waals surface area contributed by atoms with Crippen LogP contribution in [0.1, 0.15) is 33.3 Å². The van der Waals surface area contributed by atoms with Crippen molar-refractivity contribution in [3.63, 3.8) is 0 Å². The van der Waals surface area contributed by atoms with Crippen LogP contribution in [0.15, 0.2) is 36.5 Å². The van der Waals surface area contributed by atoms with Crippen LogP contribution in [0.25, 0.3) is 0 Å². The van der Waals surface area contributed by atoms with E-state index in [1.807, 2.05) is 41.4 Å². The number of pyridine rings is 1. The molecule has 2 amide bonds. The Labute approximate surface area is 156 Å². The summed E-state index contributed by atoms with van der Waals surface area (Å²) in [5.41, 5.74) is 6.71. The second kappa shape index (κ2) is 8.83. The molecule has 0 radical (unpaired) electrons. The summed E-state index contributed by atoms with van der Waals surface area (Å²) in [5.74, 6) is -1.56. The number of aromatic nitrogens is 1. The van der Waals surface area contributed by atoms with Gasteiger partial charge >= 0.3 is 0 Å². The third-order valence-electron chi connectivity index (χ3n) is 3.88. The molecular weight excluding hydrogens is 354 g/mol. The van der Waals surface area contributed by atoms with Gasteiger partial charge in [-0.15, -0.1) is 0 Å². The molecule has 0 saturated heterocycles. The highest BCUT2D eigenvalue weighted by atomic mass is 35.5. The highest BCUT2D eigenvalue weighted by Crippen LogP contribution is 2.20. The minimum Gasteiger partial charge on any atom is -0.370 e. The molecule has 0 fully saturated rings. The van der Waals surface area contributed by atoms with Crippen molar-refractivity contribution < 1.29 is 9.59 Å². The molecular formula is C18H18ClN5O2. The van der Waals surface area contributed by atoms with Crippen LogP contribution in [-0.2, 0) is 6.42 Å². The molecule has 0 spiro atoms. The summed E-state index contributed by atoms with van der Waals surface area (Å²) >= 11 is 6.19. The largest absolute Gasteiger partial charge is 0.370 e. The number of halogens is 1. The van der Waals surface area contributed by atoms with Crippen LogP contribution in [0.2, 0.25) is 5.02 Å². The van der Waals surface area contributed by atoms with Crippen molar-refractivity contribution in [3.8, 4) is 6.19 Å². The van der Waals surface area contributed by atoms with Crippen molar-refractivity contribution in [3.05, 3.63) is 58.4 Å². The molecule has 0 atom stereocenters. The van der Waals surface area contributed by atoms with Crippen LogP contribution < -0.4 is 16.0 Å². The minimum atomic E-state index is -0.834. The third-order valence-corrected chi connectivity index (χ3v) is 4.25. The molecule has 1 aromatic heterocycles. The molecule has 7 nitrogen and oxygen atoms in total. The Bertz CT molecular complexity index is 863. The molecule has 0 bridgehead atoms. The fraction of sp³-hybridized carbons (Fsp3) is 0.222. The first-order valence-corrected chi connectivity index (χ1v) is 8.33. The monoisotopic (exact) mass is 371 g/mol. The predicted molar refractivity (Wildman–Crippen MR) is 98.9 cm³/mol. The number of nitrogens with two attached hydrogens (primary N) is 1. The van der Waals surface area contributed by atoms with Crippen molar-refractivity contribution in [1.82, 2.24) is 10.3 Å². The Balaban J connectivity index is 2.28. The van der Waals surface area contributed by atoms with Crippen LogP contribution in [0, 0.1) is 11.5 Å². The van der Waals surface area contributed by atoms with E-state index in [2.05, 4.69) is 4.98 Å². The van der Waals surface area contributed by atoms with Gasteiger partial charge in [-0.25, -0.2) is 4.98 Å². The smallest absolute Gasteiger partial charge is 0.268 e. The van der Waals surface area contributed by atoms with Crippen LogP contribution in [0.5, 0.6) is 0 Å². The number of primary amides is 1. The van der Waals surface area contributed by atoms with E-state index in [0.29, 0.717) is 30.2 Å². The van der Waals surface area contributed by atoms with Gasteiger partial charge in [-0.05, 0) is 31.0 Å². The van der Waals surface area contributed by atoms with Gasteiger partial charge in [-0.3, -0.25) is 14.9 Å². The Kier molecular flexibility index (Phi) is 6.53. The number of hydrogen-bond donors (Lipinski definition) is 2. The first-order chi connectivity index (χ1) is 12.5. The lowest BCUT2D eigenvalue weighted by Gasteiger charge is -2.24. The van der Waals surface area contributed by atoms with E-state index >= 15 is 0 Å². The molecule has 1 heterocycles. The number of likely N-dealkylation sites (N-methyl/N-ethyl adjacent to an activating group) is 1. The summed E-state index contributed by atoms with van der Waals surface area (Å²) in [7, 11) is 0. The number of nitrogens with one attached hydrogen (secondary N) is 1. The molecule has 2 rings (SSSR count). The summed E-state index contributed by atoms with van der Waals surface area (Å²) in [6, 6.07) is 9.09. The van der Waals surface area contributed by atoms with Crippen LogP contribution >= 0.6 is 11.6 Å². The van der Waals surface area contributed by atoms with E-state index in [9.17, 15) is 9.59 Å². The molecule has 0 aliphatic carbocycles. The molecule has 26 heavy (non-hydrogen) atoms. The summed E-state index contributed by atoms with van der Waals surface area (Å²) in [5, 5.41) is 11.3. The first-order valence-electron chi connectivity index (χ1n) is 7.95. The summed E-state index contributed by atoms with van der Waals surface area (Å²) in [6.45, 7) is 3.25. The number of carbonyl (C=O) groups is 2. The van der Waals surface area contributed by atoms with Gasteiger partial charge in [-0.1, -0.05) is 29.8 Å². The number of amides is 2. The van der Waals surface area contributed by atoms with E-state index in [0.717, 1.165) is 5.56 Å². The molecule has 2 aromatic rings. The number of rotatable bonds is 7. The van der Waals surface area contributed by atoms with Gasteiger partial charge in [0.05, 0.1) is 17.4 Å². The quantitative estimate of drug-likeness (QED) is 0.571. The Morgan fingerprint density at radius 3 is 2.73 bits per heavy atom. The van der Waals surface area contributed by atoms with Crippen LogP contribution in [-0.4, -0.2) is 29.9 Å². The average Bonchev–Trinajstić information content (AvgIpc) is 2.63. The summed E-state index contributed by atoms with van der Waals surface area (Å²) in [4.78, 5) is 29.5. The van der Waals surface area contributed by atoms with Gasteiger partial charge in [0.2, 0.25) is 0 Å². The van der Waals surface area contributed by atoms with Gasteiger partial charge in [0.25, 0.3) is 11.8 Å². The van der Waals surface area contributed by atoms with Gasteiger partial charge in [-0.2, -0.15) is 5.26 Å². The lowest BCUT2D eigenvalue weighted by Crippen LogP contribution is -2.28. The Morgan fingerprint density at radius 2 is 2.12 bits per heavy atom. The van der Waals surface area contributed by atoms with E-state index in [1.165, 1.54) is 18.5 Å². The predicted octanol–water partition coefficient (Wildman–Crippen LogP) is 2.11. The van der Waals surface area contributed by atoms with Crippen molar-refractivity contribution in [2.45, 2.75) is 13.3 Å². The molecule has 0 unspecified atom stereocenters. The fourth-order valence-corrected chi connectivity index (χ4v) is 2.77. The number of anilines is 1. The third kappa shape index (κ3) is 4.49. The van der Waals surface area contributed by atoms with Gasteiger partial charge < -0.3 is 10.6 Å². The Morgan fingerprint density at radius 1 is 1.38 bits per heavy atom. The zero-order valence-corrected chi connectivity index (χ0v) is 15.0. The van der Waals surface area contributed by atoms with Crippen LogP contribution in [0.4, 0.5) is 5.69 Å². The number of hydrogen-bond acceptors (Lipinski definition) is 5. The first kappa shape index (κ1) is 19.2. The number of benzene rings is 1. The maximum Gasteiger partial charge on any atom is 0.268 e. The number of nitriles is 1. The lowest BCUT2D eigenvalue weighted by atomic mass is 10.1. The van der Waals surface area contributed by atoms with E-state index < -0.39 is 11.8 Å². The van der Waals surface area contributed by atoms with Crippen LogP contribution in [0.3, 0.4) is 0 Å². The molecule has 1 aromatic carbocycles. The summed E-state index contributed by atoms with van der Waals surface area (Å²) in [6.07, 6.45) is 3.72. The van der Waals surface area contributed by atoms with Gasteiger partial charge in [0.15, 0.2) is 6.19 Å². The lowest BCUT2D eigenvalue weighted by molar-refractivity contribution is 0.0947. The van der Waals surface area contributed by atoms with E-state index in [4.69, 9.17) is 22.6 Å². The molecule has 0 aliphatic rings. The van der Waals surface area contributed by atoms with Gasteiger partial charge in [0, 0.05) is 18.1 Å². The zero-order chi connectivity index (χ0) is 19.1. The van der Waals surface area contributed by atoms with Crippen molar-refractivity contribution >= 4 is 29.1 Å². The van der Waals surface area contributed by atoms with Crippen molar-refractivity contribution in [2.24, 2.45) is 5.73 Å². The van der Waals surface area contributed by atoms with Crippen molar-refractivity contribution in [2.75, 3.05) is 18.0 Å². The van der Waals surface area contributed by atoms with E-state index in [1.54, 1.807) is 0 Å². The van der Waals surface area contributed by atoms with Gasteiger partial charge in [0.1, 0.15) is 5.69 Å². The maximum atomic E-state index is 12.0. The Hall–Kier alpha value is -3.11. The summed E-state index contributed by atoms with van der Waals surface area (Å²) < 4.78 is 0. The zero-order valence-electron chi connectivity index (χ0n) is 14.2. The topological polar surface area (TPSA) is 112 Å². The maximum absolute atomic E-state index is 12.0. The highest BCUT2D eigenvalue weighted by Gasteiger charge is 2.19. The number of nitrogens with zero attached hydrogens (tertiary/aromatic N) is 3. The highest BCUT2D eigenvalue weighted by molar-refractivity contribution is 6.31. The second-order valence-electron chi connectivity index (χ2n) is 5.44. The SMILES string of the molecule is CCN(CCc1ccccc1Cl)c1cnc(C(N)=O)c(C(=O)NC#N)c1. The normalized spacial score (nSPS) is 10.0.